The molecule has 144 valence electrons. The first kappa shape index (κ1) is 20.8. The highest BCUT2D eigenvalue weighted by Gasteiger charge is 2.07. The first-order chi connectivity index (χ1) is 13.5. The molecule has 0 saturated carbocycles. The molecule has 3 N–H and O–H groups in total. The van der Waals surface area contributed by atoms with E-state index >= 15 is 0 Å². The third-order valence-electron chi connectivity index (χ3n) is 3.31. The summed E-state index contributed by atoms with van der Waals surface area (Å²) in [4.78, 5) is 23.9. The highest BCUT2D eigenvalue weighted by molar-refractivity contribution is 7.80. The number of nitrogens with one attached hydrogen (secondary N) is 3. The zero-order valence-electron chi connectivity index (χ0n) is 14.8. The van der Waals surface area contributed by atoms with E-state index in [0.717, 1.165) is 0 Å². The predicted molar refractivity (Wildman–Crippen MR) is 109 cm³/mol. The number of hydrazine groups is 1. The van der Waals surface area contributed by atoms with E-state index in [1.165, 1.54) is 36.4 Å². The second-order valence-electron chi connectivity index (χ2n) is 5.41. The Bertz CT molecular complexity index is 881. The molecule has 0 saturated heterocycles. The summed E-state index contributed by atoms with van der Waals surface area (Å²) in [5.41, 5.74) is 5.85. The Balaban J connectivity index is 1.77. The molecule has 0 aliphatic heterocycles. The molecule has 0 radical (unpaired) electrons. The highest BCUT2D eigenvalue weighted by Crippen LogP contribution is 2.12. The maximum atomic E-state index is 12.8. The van der Waals surface area contributed by atoms with Crippen LogP contribution in [0.15, 0.2) is 67.3 Å². The van der Waals surface area contributed by atoms with Crippen molar-refractivity contribution in [2.75, 3.05) is 6.61 Å². The number of amides is 2. The van der Waals surface area contributed by atoms with Crippen LogP contribution < -0.4 is 20.9 Å². The van der Waals surface area contributed by atoms with Gasteiger partial charge in [-0.15, -0.1) is 0 Å². The first-order valence-electron chi connectivity index (χ1n) is 8.16. The van der Waals surface area contributed by atoms with Gasteiger partial charge < -0.3 is 4.74 Å². The van der Waals surface area contributed by atoms with E-state index in [2.05, 4.69) is 22.7 Å². The predicted octanol–water partition coefficient (Wildman–Crippen LogP) is 2.74. The molecule has 0 fully saturated rings. The molecule has 28 heavy (non-hydrogen) atoms. The molecule has 2 rings (SSSR count). The van der Waals surface area contributed by atoms with E-state index < -0.39 is 11.8 Å². The molecule has 0 aliphatic rings. The minimum atomic E-state index is -0.500. The quantitative estimate of drug-likeness (QED) is 0.301. The van der Waals surface area contributed by atoms with Gasteiger partial charge in [-0.3, -0.25) is 25.8 Å². The largest absolute Gasteiger partial charge is 0.490 e. The summed E-state index contributed by atoms with van der Waals surface area (Å²) in [5, 5.41) is 2.30. The Morgan fingerprint density at radius 2 is 1.75 bits per heavy atom. The van der Waals surface area contributed by atoms with Crippen LogP contribution in [0.25, 0.3) is 6.08 Å². The molecule has 0 unspecified atom stereocenters. The highest BCUT2D eigenvalue weighted by atomic mass is 32.1. The Morgan fingerprint density at radius 1 is 1.07 bits per heavy atom. The summed E-state index contributed by atoms with van der Waals surface area (Å²) < 4.78 is 18.2. The van der Waals surface area contributed by atoms with Crippen LogP contribution in [-0.4, -0.2) is 23.5 Å². The normalized spacial score (nSPS) is 10.2. The van der Waals surface area contributed by atoms with Gasteiger partial charge in [0, 0.05) is 11.6 Å². The molecule has 0 spiro atoms. The number of hydrogen-bond acceptors (Lipinski definition) is 4. The van der Waals surface area contributed by atoms with Crippen molar-refractivity contribution < 1.29 is 18.7 Å². The molecule has 0 atom stereocenters. The van der Waals surface area contributed by atoms with Crippen LogP contribution in [0.4, 0.5) is 4.39 Å². The number of halogens is 1. The van der Waals surface area contributed by atoms with Crippen molar-refractivity contribution in [2.24, 2.45) is 0 Å². The van der Waals surface area contributed by atoms with E-state index in [4.69, 9.17) is 17.0 Å². The van der Waals surface area contributed by atoms with Crippen LogP contribution in [0.3, 0.4) is 0 Å². The summed E-state index contributed by atoms with van der Waals surface area (Å²) >= 11 is 4.94. The van der Waals surface area contributed by atoms with E-state index in [1.54, 1.807) is 30.3 Å². The van der Waals surface area contributed by atoms with Crippen molar-refractivity contribution in [1.29, 1.82) is 0 Å². The van der Waals surface area contributed by atoms with Crippen molar-refractivity contribution in [3.63, 3.8) is 0 Å². The molecule has 0 aliphatic carbocycles. The zero-order valence-corrected chi connectivity index (χ0v) is 15.6. The van der Waals surface area contributed by atoms with Gasteiger partial charge in [0.05, 0.1) is 0 Å². The molecular weight excluding hydrogens is 381 g/mol. The molecule has 2 amide bonds. The average molecular weight is 399 g/mol. The SMILES string of the molecule is C=CCOc1ccc(C(=O)NNC(=S)NC(=O)C=Cc2ccc(F)cc2)cc1. The van der Waals surface area contributed by atoms with Crippen molar-refractivity contribution in [1.82, 2.24) is 16.2 Å². The molecule has 0 bridgehead atoms. The van der Waals surface area contributed by atoms with Gasteiger partial charge in [-0.2, -0.15) is 0 Å². The maximum absolute atomic E-state index is 12.8. The Morgan fingerprint density at radius 3 is 2.39 bits per heavy atom. The van der Waals surface area contributed by atoms with E-state index in [9.17, 15) is 14.0 Å². The molecule has 6 nitrogen and oxygen atoms in total. The van der Waals surface area contributed by atoms with Crippen molar-refractivity contribution in [3.8, 4) is 5.75 Å². The third kappa shape index (κ3) is 7.00. The number of rotatable bonds is 6. The van der Waals surface area contributed by atoms with Gasteiger partial charge >= 0.3 is 0 Å². The smallest absolute Gasteiger partial charge is 0.269 e. The van der Waals surface area contributed by atoms with Gasteiger partial charge in [0.25, 0.3) is 5.91 Å². The van der Waals surface area contributed by atoms with Crippen molar-refractivity contribution in [2.45, 2.75) is 0 Å². The fraction of sp³-hybridized carbons (Fsp3) is 0.0500. The Labute approximate surface area is 167 Å². The summed E-state index contributed by atoms with van der Waals surface area (Å²) in [5.74, 6) is -0.685. The lowest BCUT2D eigenvalue weighted by atomic mass is 10.2. The lowest BCUT2D eigenvalue weighted by Gasteiger charge is -2.10. The minimum absolute atomic E-state index is 0.0759. The van der Waals surface area contributed by atoms with Crippen LogP contribution in [-0.2, 0) is 4.79 Å². The fourth-order valence-corrected chi connectivity index (χ4v) is 2.13. The number of carbonyl (C=O) groups excluding carboxylic acids is 2. The number of ether oxygens (including phenoxy) is 1. The molecular formula is C20H18FN3O3S. The van der Waals surface area contributed by atoms with Crippen LogP contribution in [0.5, 0.6) is 5.75 Å². The summed E-state index contributed by atoms with van der Waals surface area (Å²) in [6.07, 6.45) is 4.37. The van der Waals surface area contributed by atoms with Gasteiger partial charge in [-0.1, -0.05) is 24.8 Å². The maximum Gasteiger partial charge on any atom is 0.269 e. The Hall–Kier alpha value is -3.52. The second kappa shape index (κ2) is 10.6. The van der Waals surface area contributed by atoms with Crippen LogP contribution in [0, 0.1) is 5.82 Å². The number of benzene rings is 2. The van der Waals surface area contributed by atoms with Crippen LogP contribution in [0.1, 0.15) is 15.9 Å². The van der Waals surface area contributed by atoms with Crippen molar-refractivity contribution in [3.05, 3.63) is 84.2 Å². The monoisotopic (exact) mass is 399 g/mol. The third-order valence-corrected chi connectivity index (χ3v) is 3.51. The number of hydrogen-bond donors (Lipinski definition) is 3. The van der Waals surface area contributed by atoms with Gasteiger partial charge in [-0.05, 0) is 60.3 Å². The summed E-state index contributed by atoms with van der Waals surface area (Å²) in [6, 6.07) is 12.1. The van der Waals surface area contributed by atoms with Gasteiger partial charge in [0.2, 0.25) is 5.91 Å². The minimum Gasteiger partial charge on any atom is -0.490 e. The lowest BCUT2D eigenvalue weighted by molar-refractivity contribution is -0.115. The van der Waals surface area contributed by atoms with Gasteiger partial charge in [0.15, 0.2) is 5.11 Å². The van der Waals surface area contributed by atoms with Crippen LogP contribution >= 0.6 is 12.2 Å². The topological polar surface area (TPSA) is 79.5 Å². The fourth-order valence-electron chi connectivity index (χ4n) is 1.97. The van der Waals surface area contributed by atoms with Gasteiger partial charge in [0.1, 0.15) is 18.2 Å². The summed E-state index contributed by atoms with van der Waals surface area (Å²) in [6.45, 7) is 3.93. The molecule has 8 heteroatoms. The van der Waals surface area contributed by atoms with E-state index in [-0.39, 0.29) is 10.9 Å². The summed E-state index contributed by atoms with van der Waals surface area (Å²) in [7, 11) is 0. The standard InChI is InChI=1S/C20H18FN3O3S/c1-2-13-27-17-10-6-15(7-11-17)19(26)23-24-20(28)22-18(25)12-5-14-3-8-16(21)9-4-14/h2-12H,1,13H2,(H,23,26)(H2,22,24,25,28). The molecule has 0 heterocycles. The Kier molecular flexibility index (Phi) is 7.86. The number of carbonyl (C=O) groups is 2. The average Bonchev–Trinajstić information content (AvgIpc) is 2.70. The van der Waals surface area contributed by atoms with E-state index in [0.29, 0.717) is 23.5 Å². The van der Waals surface area contributed by atoms with Crippen LogP contribution in [0.2, 0.25) is 0 Å². The number of thiocarbonyl (C=S) groups is 1. The molecule has 2 aromatic rings. The first-order valence-corrected chi connectivity index (χ1v) is 8.57. The second-order valence-corrected chi connectivity index (χ2v) is 5.81. The molecule has 2 aromatic carbocycles. The van der Waals surface area contributed by atoms with Crippen molar-refractivity contribution >= 4 is 35.2 Å². The lowest BCUT2D eigenvalue weighted by Crippen LogP contribution is -2.48. The van der Waals surface area contributed by atoms with Gasteiger partial charge in [-0.25, -0.2) is 4.39 Å². The zero-order chi connectivity index (χ0) is 20.4. The molecule has 0 aromatic heterocycles. The van der Waals surface area contributed by atoms with E-state index in [1.807, 2.05) is 0 Å².